The molecule has 0 aromatic heterocycles. The number of hydrogen-bond acceptors (Lipinski definition) is 4. The summed E-state index contributed by atoms with van der Waals surface area (Å²) in [5.74, 6) is 1.69. The fourth-order valence-electron chi connectivity index (χ4n) is 0.428. The largest absolute Gasteiger partial charge is 0.315 e. The lowest BCUT2D eigenvalue weighted by Crippen LogP contribution is -2.19. The maximum atomic E-state index is 10.4. The molecule has 0 saturated carbocycles. The summed E-state index contributed by atoms with van der Waals surface area (Å²) in [5, 5.41) is 3.13. The molecule has 0 spiro atoms. The van der Waals surface area contributed by atoms with E-state index in [0.29, 0.717) is 0 Å². The first-order valence-corrected chi connectivity index (χ1v) is 5.20. The van der Waals surface area contributed by atoms with Crippen LogP contribution in [0, 0.1) is 0 Å². The zero-order valence-corrected chi connectivity index (χ0v) is 8.54. The Hall–Kier alpha value is 0.760. The molecule has 5 heteroatoms. The molecule has 0 fully saturated rings. The summed E-state index contributed by atoms with van der Waals surface area (Å²) in [5.41, 5.74) is 0. The zero-order chi connectivity index (χ0) is 7.82. The van der Waals surface area contributed by atoms with E-state index in [4.69, 9.17) is 0 Å². The molecule has 1 N–H and O–H groups in total. The molecule has 0 aliphatic rings. The van der Waals surface area contributed by atoms with Gasteiger partial charge in [0.05, 0.1) is 0 Å². The van der Waals surface area contributed by atoms with Gasteiger partial charge in [-0.05, 0) is 0 Å². The maximum absolute atomic E-state index is 10.4. The fraction of sp³-hybridized carbons (Fsp3) is 0.800. The Morgan fingerprint density at radius 1 is 1.60 bits per heavy atom. The predicted octanol–water partition coefficient (Wildman–Crippen LogP) is 1.23. The van der Waals surface area contributed by atoms with Crippen molar-refractivity contribution >= 4 is 38.5 Å². The molecular weight excluding hydrogens is 185 g/mol. The van der Waals surface area contributed by atoms with Gasteiger partial charge in [0.15, 0.2) is 0 Å². The van der Waals surface area contributed by atoms with E-state index in [-0.39, 0.29) is 4.86 Å². The van der Waals surface area contributed by atoms with Gasteiger partial charge in [-0.3, -0.25) is 4.79 Å². The quantitative estimate of drug-likeness (QED) is 0.394. The summed E-state index contributed by atoms with van der Waals surface area (Å²) < 4.78 is 0. The molecule has 1 atom stereocenters. The first-order valence-electron chi connectivity index (χ1n) is 3.01. The lowest BCUT2D eigenvalue weighted by atomic mass is 10.7. The molecule has 0 aliphatic carbocycles. The lowest BCUT2D eigenvalue weighted by Gasteiger charge is -1.98. The van der Waals surface area contributed by atoms with Crippen LogP contribution in [0.25, 0.3) is 0 Å². The van der Waals surface area contributed by atoms with Gasteiger partial charge in [-0.15, -0.1) is 0 Å². The van der Waals surface area contributed by atoms with Gasteiger partial charge in [-0.2, -0.15) is 12.6 Å². The lowest BCUT2D eigenvalue weighted by molar-refractivity contribution is 0.276. The highest BCUT2D eigenvalue weighted by atomic mass is 32.2. The van der Waals surface area contributed by atoms with Crippen LogP contribution in [-0.2, 0) is 0 Å². The van der Waals surface area contributed by atoms with Crippen LogP contribution in [0.15, 0.2) is 0 Å². The SMILES string of the molecule is O=C(P)SCCNCCS. The van der Waals surface area contributed by atoms with Gasteiger partial charge in [-0.25, -0.2) is 0 Å². The summed E-state index contributed by atoms with van der Waals surface area (Å²) in [6, 6.07) is 0. The van der Waals surface area contributed by atoms with E-state index < -0.39 is 0 Å². The number of thioether (sulfide) groups is 1. The molecule has 0 aliphatic heterocycles. The van der Waals surface area contributed by atoms with Gasteiger partial charge in [-0.1, -0.05) is 21.0 Å². The van der Waals surface area contributed by atoms with Crippen molar-refractivity contribution in [2.24, 2.45) is 0 Å². The van der Waals surface area contributed by atoms with E-state index in [0.717, 1.165) is 24.6 Å². The summed E-state index contributed by atoms with van der Waals surface area (Å²) in [6.45, 7) is 1.79. The van der Waals surface area contributed by atoms with Crippen molar-refractivity contribution < 1.29 is 4.79 Å². The molecule has 0 bridgehead atoms. The maximum Gasteiger partial charge on any atom is 0.203 e. The van der Waals surface area contributed by atoms with Crippen molar-refractivity contribution in [2.75, 3.05) is 24.6 Å². The van der Waals surface area contributed by atoms with Gasteiger partial charge in [0.25, 0.3) is 0 Å². The number of carbonyl (C=O) groups is 1. The molecule has 0 aromatic carbocycles. The van der Waals surface area contributed by atoms with Gasteiger partial charge >= 0.3 is 0 Å². The average molecular weight is 197 g/mol. The molecule has 2 nitrogen and oxygen atoms in total. The third kappa shape index (κ3) is 8.76. The molecule has 0 saturated heterocycles. The Balaban J connectivity index is 2.84. The van der Waals surface area contributed by atoms with E-state index in [9.17, 15) is 4.79 Å². The van der Waals surface area contributed by atoms with Gasteiger partial charge in [0, 0.05) is 24.6 Å². The molecule has 0 aromatic rings. The molecule has 1 unspecified atom stereocenters. The van der Waals surface area contributed by atoms with Crippen LogP contribution in [0.1, 0.15) is 0 Å². The fourth-order valence-corrected chi connectivity index (χ4v) is 1.39. The van der Waals surface area contributed by atoms with Crippen molar-refractivity contribution in [1.82, 2.24) is 5.32 Å². The molecule has 0 rings (SSSR count). The summed E-state index contributed by atoms with van der Waals surface area (Å²) >= 11 is 5.34. The van der Waals surface area contributed by atoms with E-state index in [1.807, 2.05) is 0 Å². The number of carbonyl (C=O) groups excluding carboxylic acids is 1. The van der Waals surface area contributed by atoms with Crippen LogP contribution >= 0.6 is 33.6 Å². The van der Waals surface area contributed by atoms with Crippen molar-refractivity contribution in [2.45, 2.75) is 0 Å². The standard InChI is InChI=1S/C5H12NOPS2/c7-5(8)10-4-2-6-1-3-9/h6,9H,1-4,8H2. The van der Waals surface area contributed by atoms with Crippen molar-refractivity contribution in [1.29, 1.82) is 0 Å². The molecule has 60 valence electrons. The first-order chi connectivity index (χ1) is 4.77. The molecule has 10 heavy (non-hydrogen) atoms. The topological polar surface area (TPSA) is 29.1 Å². The third-order valence-electron chi connectivity index (χ3n) is 0.812. The van der Waals surface area contributed by atoms with E-state index in [2.05, 4.69) is 27.2 Å². The smallest absolute Gasteiger partial charge is 0.203 e. The van der Waals surface area contributed by atoms with Crippen LogP contribution in [0.2, 0.25) is 0 Å². The van der Waals surface area contributed by atoms with Gasteiger partial charge < -0.3 is 5.32 Å². The third-order valence-corrected chi connectivity index (χ3v) is 2.23. The van der Waals surface area contributed by atoms with Crippen LogP contribution in [0.5, 0.6) is 0 Å². The van der Waals surface area contributed by atoms with Gasteiger partial charge in [0.1, 0.15) is 0 Å². The zero-order valence-electron chi connectivity index (χ0n) is 5.67. The van der Waals surface area contributed by atoms with Gasteiger partial charge in [0.2, 0.25) is 4.86 Å². The Labute approximate surface area is 73.5 Å². The molecule has 0 radical (unpaired) electrons. The summed E-state index contributed by atoms with van der Waals surface area (Å²) in [7, 11) is 2.14. The second-order valence-corrected chi connectivity index (χ2v) is 4.13. The van der Waals surface area contributed by atoms with Crippen molar-refractivity contribution in [3.63, 3.8) is 0 Å². The number of hydrogen-bond donors (Lipinski definition) is 2. The predicted molar refractivity (Wildman–Crippen MR) is 54.3 cm³/mol. The van der Waals surface area contributed by atoms with E-state index in [1.165, 1.54) is 11.8 Å². The Morgan fingerprint density at radius 3 is 2.80 bits per heavy atom. The Bertz CT molecular complexity index is 102. The average Bonchev–Trinajstić information content (AvgIpc) is 1.87. The Kier molecular flexibility index (Phi) is 8.46. The minimum absolute atomic E-state index is 0.104. The summed E-state index contributed by atoms with van der Waals surface area (Å²) in [4.78, 5) is 10.5. The monoisotopic (exact) mass is 197 g/mol. The number of rotatable bonds is 5. The van der Waals surface area contributed by atoms with Crippen LogP contribution in [-0.4, -0.2) is 29.5 Å². The first kappa shape index (κ1) is 10.8. The second-order valence-electron chi connectivity index (χ2n) is 1.64. The minimum Gasteiger partial charge on any atom is -0.315 e. The summed E-state index contributed by atoms with van der Waals surface area (Å²) in [6.07, 6.45) is 0. The van der Waals surface area contributed by atoms with Crippen LogP contribution in [0.3, 0.4) is 0 Å². The van der Waals surface area contributed by atoms with E-state index in [1.54, 1.807) is 0 Å². The molecule has 0 amide bonds. The highest BCUT2D eigenvalue weighted by Crippen LogP contribution is 2.07. The van der Waals surface area contributed by atoms with Crippen molar-refractivity contribution in [3.05, 3.63) is 0 Å². The van der Waals surface area contributed by atoms with Crippen molar-refractivity contribution in [3.8, 4) is 0 Å². The molecular formula is C5H12NOPS2. The number of thiol groups is 1. The van der Waals surface area contributed by atoms with Crippen LogP contribution in [0.4, 0.5) is 4.79 Å². The second kappa shape index (κ2) is 7.86. The van der Waals surface area contributed by atoms with E-state index >= 15 is 0 Å². The molecule has 0 heterocycles. The van der Waals surface area contributed by atoms with Crippen LogP contribution < -0.4 is 5.32 Å². The highest BCUT2D eigenvalue weighted by molar-refractivity contribution is 8.21. The normalized spacial score (nSPS) is 9.80. The highest BCUT2D eigenvalue weighted by Gasteiger charge is 1.91. The minimum atomic E-state index is 0.104. The Morgan fingerprint density at radius 2 is 2.30 bits per heavy atom. The number of nitrogens with one attached hydrogen (secondary N) is 1.